The van der Waals surface area contributed by atoms with E-state index in [-0.39, 0.29) is 19.2 Å². The minimum absolute atomic E-state index is 0.122. The van der Waals surface area contributed by atoms with Crippen molar-refractivity contribution in [3.8, 4) is 11.4 Å². The lowest BCUT2D eigenvalue weighted by molar-refractivity contribution is 0.0849. The highest BCUT2D eigenvalue weighted by atomic mass is 19.1. The molecule has 33 heavy (non-hydrogen) atoms. The van der Waals surface area contributed by atoms with Crippen molar-refractivity contribution >= 4 is 5.91 Å². The Kier molecular flexibility index (Phi) is 6.64. The summed E-state index contributed by atoms with van der Waals surface area (Å²) in [5, 5.41) is 6.75. The van der Waals surface area contributed by atoms with Gasteiger partial charge in [0.15, 0.2) is 0 Å². The summed E-state index contributed by atoms with van der Waals surface area (Å²) >= 11 is 0. The summed E-state index contributed by atoms with van der Waals surface area (Å²) in [6.07, 6.45) is 1.60. The molecular formula is C23H23FN4O5. The zero-order valence-corrected chi connectivity index (χ0v) is 18.0. The van der Waals surface area contributed by atoms with Crippen molar-refractivity contribution in [1.82, 2.24) is 19.7 Å². The molecule has 1 amide bonds. The SMILES string of the molecule is COc1ccc(-n2nc(C(=O)NCC3CCCO3)c(=O)n(Cc3ccc(F)cc3)c2=O)cc1. The normalized spacial score (nSPS) is 15.4. The number of carbonyl (C=O) groups is 1. The first-order valence-corrected chi connectivity index (χ1v) is 10.5. The molecule has 1 unspecified atom stereocenters. The molecule has 1 saturated heterocycles. The number of nitrogens with one attached hydrogen (secondary N) is 1. The molecule has 2 aromatic carbocycles. The number of amides is 1. The van der Waals surface area contributed by atoms with Crippen LogP contribution in [0.5, 0.6) is 5.75 Å². The van der Waals surface area contributed by atoms with E-state index in [2.05, 4.69) is 10.4 Å². The lowest BCUT2D eigenvalue weighted by Gasteiger charge is -2.14. The number of nitrogens with zero attached hydrogens (tertiary/aromatic N) is 3. The first kappa shape index (κ1) is 22.4. The number of carbonyl (C=O) groups excluding carboxylic acids is 1. The van der Waals surface area contributed by atoms with E-state index in [0.717, 1.165) is 22.1 Å². The van der Waals surface area contributed by atoms with Crippen molar-refractivity contribution in [2.75, 3.05) is 20.3 Å². The molecule has 1 aliphatic rings. The standard InChI is InChI=1S/C23H23FN4O5/c1-32-18-10-8-17(9-11-18)28-23(31)27(14-15-4-6-16(24)7-5-15)22(30)20(26-28)21(29)25-13-19-3-2-12-33-19/h4-11,19H,2-3,12-14H2,1H3,(H,25,29). The van der Waals surface area contributed by atoms with E-state index >= 15 is 0 Å². The fraction of sp³-hybridized carbons (Fsp3) is 0.304. The lowest BCUT2D eigenvalue weighted by atomic mass is 10.2. The van der Waals surface area contributed by atoms with Crippen molar-refractivity contribution in [2.45, 2.75) is 25.5 Å². The summed E-state index contributed by atoms with van der Waals surface area (Å²) in [4.78, 5) is 39.1. The molecule has 0 bridgehead atoms. The molecule has 0 radical (unpaired) electrons. The Labute approximate surface area is 188 Å². The van der Waals surface area contributed by atoms with E-state index < -0.39 is 28.7 Å². The third-order valence-corrected chi connectivity index (χ3v) is 5.36. The van der Waals surface area contributed by atoms with Gasteiger partial charge in [-0.2, -0.15) is 9.78 Å². The first-order chi connectivity index (χ1) is 16.0. The highest BCUT2D eigenvalue weighted by molar-refractivity contribution is 5.91. The van der Waals surface area contributed by atoms with Crippen LogP contribution in [0.2, 0.25) is 0 Å². The van der Waals surface area contributed by atoms with Gasteiger partial charge in [-0.1, -0.05) is 12.1 Å². The maximum Gasteiger partial charge on any atom is 0.352 e. The predicted molar refractivity (Wildman–Crippen MR) is 117 cm³/mol. The molecule has 1 aliphatic heterocycles. The van der Waals surface area contributed by atoms with Gasteiger partial charge in [-0.3, -0.25) is 14.2 Å². The quantitative estimate of drug-likeness (QED) is 0.580. The summed E-state index contributed by atoms with van der Waals surface area (Å²) < 4.78 is 25.8. The lowest BCUT2D eigenvalue weighted by Crippen LogP contribution is -2.46. The van der Waals surface area contributed by atoms with Gasteiger partial charge in [-0.25, -0.2) is 9.18 Å². The van der Waals surface area contributed by atoms with Crippen molar-refractivity contribution in [3.63, 3.8) is 0 Å². The van der Waals surface area contributed by atoms with E-state index in [1.54, 1.807) is 24.3 Å². The average Bonchev–Trinajstić information content (AvgIpc) is 3.35. The number of hydrogen-bond acceptors (Lipinski definition) is 6. The predicted octanol–water partition coefficient (Wildman–Crippen LogP) is 1.50. The highest BCUT2D eigenvalue weighted by Crippen LogP contribution is 2.13. The smallest absolute Gasteiger partial charge is 0.352 e. The van der Waals surface area contributed by atoms with Gasteiger partial charge < -0.3 is 14.8 Å². The van der Waals surface area contributed by atoms with E-state index in [4.69, 9.17) is 9.47 Å². The number of rotatable bonds is 7. The van der Waals surface area contributed by atoms with Gasteiger partial charge in [0.25, 0.3) is 11.5 Å². The van der Waals surface area contributed by atoms with Crippen LogP contribution in [0, 0.1) is 5.82 Å². The summed E-state index contributed by atoms with van der Waals surface area (Å²) in [5.41, 5.74) is -1.12. The minimum Gasteiger partial charge on any atom is -0.497 e. The average molecular weight is 454 g/mol. The molecule has 1 fully saturated rings. The molecule has 0 spiro atoms. The fourth-order valence-corrected chi connectivity index (χ4v) is 3.56. The molecule has 172 valence electrons. The monoisotopic (exact) mass is 454 g/mol. The third-order valence-electron chi connectivity index (χ3n) is 5.36. The van der Waals surface area contributed by atoms with Crippen LogP contribution in [0.15, 0.2) is 58.1 Å². The highest BCUT2D eigenvalue weighted by Gasteiger charge is 2.22. The van der Waals surface area contributed by atoms with Gasteiger partial charge in [0.2, 0.25) is 5.69 Å². The third kappa shape index (κ3) is 5.01. The van der Waals surface area contributed by atoms with Crippen LogP contribution in [-0.4, -0.2) is 46.6 Å². The molecule has 10 heteroatoms. The second-order valence-electron chi connectivity index (χ2n) is 7.60. The number of methoxy groups -OCH3 is 1. The van der Waals surface area contributed by atoms with Crippen LogP contribution in [0.3, 0.4) is 0 Å². The Morgan fingerprint density at radius 2 is 1.91 bits per heavy atom. The minimum atomic E-state index is -0.834. The van der Waals surface area contributed by atoms with Crippen molar-refractivity contribution in [1.29, 1.82) is 0 Å². The number of benzene rings is 2. The Morgan fingerprint density at radius 3 is 2.55 bits per heavy atom. The number of ether oxygens (including phenoxy) is 2. The van der Waals surface area contributed by atoms with Gasteiger partial charge in [0.05, 0.1) is 25.4 Å². The Bertz CT molecular complexity index is 1250. The van der Waals surface area contributed by atoms with E-state index in [9.17, 15) is 18.8 Å². The van der Waals surface area contributed by atoms with E-state index in [1.807, 2.05) is 0 Å². The van der Waals surface area contributed by atoms with Gasteiger partial charge >= 0.3 is 5.69 Å². The van der Waals surface area contributed by atoms with Gasteiger partial charge in [0.1, 0.15) is 11.6 Å². The van der Waals surface area contributed by atoms with Crippen LogP contribution in [0.1, 0.15) is 28.9 Å². The number of hydrogen-bond donors (Lipinski definition) is 1. The summed E-state index contributed by atoms with van der Waals surface area (Å²) in [5.74, 6) is -0.572. The van der Waals surface area contributed by atoms with Crippen LogP contribution in [0.4, 0.5) is 4.39 Å². The van der Waals surface area contributed by atoms with Gasteiger partial charge in [0, 0.05) is 13.2 Å². The molecule has 3 aromatic rings. The second kappa shape index (κ2) is 9.78. The van der Waals surface area contributed by atoms with Gasteiger partial charge in [-0.15, -0.1) is 0 Å². The number of aromatic nitrogens is 3. The molecule has 1 atom stereocenters. The summed E-state index contributed by atoms with van der Waals surface area (Å²) in [7, 11) is 1.51. The molecule has 1 aromatic heterocycles. The van der Waals surface area contributed by atoms with Crippen LogP contribution in [-0.2, 0) is 11.3 Å². The molecule has 0 saturated carbocycles. The Morgan fingerprint density at radius 1 is 1.18 bits per heavy atom. The molecule has 2 heterocycles. The van der Waals surface area contributed by atoms with Crippen molar-refractivity contribution < 1.29 is 18.7 Å². The topological polar surface area (TPSA) is 104 Å². The van der Waals surface area contributed by atoms with Crippen LogP contribution >= 0.6 is 0 Å². The maximum absolute atomic E-state index is 13.3. The number of halogens is 1. The molecule has 1 N–H and O–H groups in total. The van der Waals surface area contributed by atoms with Crippen LogP contribution in [0.25, 0.3) is 5.69 Å². The fourth-order valence-electron chi connectivity index (χ4n) is 3.56. The van der Waals surface area contributed by atoms with Crippen LogP contribution < -0.4 is 21.3 Å². The molecular weight excluding hydrogens is 431 g/mol. The molecule has 9 nitrogen and oxygen atoms in total. The van der Waals surface area contributed by atoms with Crippen molar-refractivity contribution in [2.24, 2.45) is 0 Å². The maximum atomic E-state index is 13.3. The van der Waals surface area contributed by atoms with Crippen molar-refractivity contribution in [3.05, 3.63) is 86.4 Å². The summed E-state index contributed by atoms with van der Waals surface area (Å²) in [6, 6.07) is 11.9. The molecule has 0 aliphatic carbocycles. The van der Waals surface area contributed by atoms with Gasteiger partial charge in [-0.05, 0) is 54.8 Å². The zero-order chi connectivity index (χ0) is 23.4. The summed E-state index contributed by atoms with van der Waals surface area (Å²) in [6.45, 7) is 0.716. The molecule has 4 rings (SSSR count). The largest absolute Gasteiger partial charge is 0.497 e. The Hall–Kier alpha value is -3.79. The Balaban J connectivity index is 1.75. The first-order valence-electron chi connectivity index (χ1n) is 10.5. The van der Waals surface area contributed by atoms with E-state index in [1.165, 1.54) is 31.4 Å². The van der Waals surface area contributed by atoms with E-state index in [0.29, 0.717) is 23.6 Å². The second-order valence-corrected chi connectivity index (χ2v) is 7.60. The zero-order valence-electron chi connectivity index (χ0n) is 18.0.